The molecule has 4 aromatic rings. The van der Waals surface area contributed by atoms with Gasteiger partial charge < -0.3 is 9.64 Å². The number of amides is 1. The number of ether oxygens (including phenoxy) is 1. The summed E-state index contributed by atoms with van der Waals surface area (Å²) >= 11 is 0. The Morgan fingerprint density at radius 2 is 1.94 bits per heavy atom. The maximum absolute atomic E-state index is 13.7. The Hall–Kier alpha value is -3.74. The summed E-state index contributed by atoms with van der Waals surface area (Å²) in [6, 6.07) is 14.5. The first-order valence-electron chi connectivity index (χ1n) is 9.86. The molecule has 0 aliphatic rings. The monoisotopic (exact) mass is 421 g/mol. The third-order valence-corrected chi connectivity index (χ3v) is 5.08. The van der Waals surface area contributed by atoms with Crippen molar-refractivity contribution >= 4 is 16.8 Å². The van der Waals surface area contributed by atoms with Crippen molar-refractivity contribution in [2.45, 2.75) is 13.5 Å². The number of benzene rings is 3. The number of carbonyl (C=O) groups is 1. The highest BCUT2D eigenvalue weighted by Crippen LogP contribution is 2.32. The zero-order valence-corrected chi connectivity index (χ0v) is 17.2. The molecule has 0 bridgehead atoms. The zero-order valence-electron chi connectivity index (χ0n) is 17.2. The summed E-state index contributed by atoms with van der Waals surface area (Å²) in [6.07, 6.45) is 1.74. The summed E-state index contributed by atoms with van der Waals surface area (Å²) in [6.45, 7) is 2.58. The van der Waals surface area contributed by atoms with Crippen LogP contribution in [-0.4, -0.2) is 34.7 Å². The van der Waals surface area contributed by atoms with Gasteiger partial charge in [-0.3, -0.25) is 9.89 Å². The third-order valence-electron chi connectivity index (χ3n) is 5.08. The van der Waals surface area contributed by atoms with E-state index in [2.05, 4.69) is 10.2 Å². The summed E-state index contributed by atoms with van der Waals surface area (Å²) < 4.78 is 32.7. The molecule has 0 saturated heterocycles. The molecule has 1 amide bonds. The van der Waals surface area contributed by atoms with Crippen LogP contribution in [0.3, 0.4) is 0 Å². The zero-order chi connectivity index (χ0) is 22.0. The first-order chi connectivity index (χ1) is 15.0. The molecule has 5 nitrogen and oxygen atoms in total. The summed E-state index contributed by atoms with van der Waals surface area (Å²) in [5, 5.41) is 8.01. The summed E-state index contributed by atoms with van der Waals surface area (Å²) in [4.78, 5) is 14.7. The van der Waals surface area contributed by atoms with Gasteiger partial charge in [0.05, 0.1) is 18.3 Å². The Morgan fingerprint density at radius 1 is 1.10 bits per heavy atom. The van der Waals surface area contributed by atoms with Crippen LogP contribution < -0.4 is 4.74 Å². The number of hydrogen-bond donors (Lipinski definition) is 1. The molecule has 7 heteroatoms. The molecule has 0 aliphatic carbocycles. The van der Waals surface area contributed by atoms with Crippen molar-refractivity contribution in [3.63, 3.8) is 0 Å². The highest BCUT2D eigenvalue weighted by molar-refractivity contribution is 5.95. The largest absolute Gasteiger partial charge is 0.493 e. The van der Waals surface area contributed by atoms with E-state index in [9.17, 15) is 13.6 Å². The molecule has 1 heterocycles. The second-order valence-electron chi connectivity index (χ2n) is 7.19. The van der Waals surface area contributed by atoms with Gasteiger partial charge in [0.15, 0.2) is 11.6 Å². The van der Waals surface area contributed by atoms with Gasteiger partial charge in [-0.15, -0.1) is 0 Å². The third kappa shape index (κ3) is 4.12. The van der Waals surface area contributed by atoms with Gasteiger partial charge in [0.25, 0.3) is 5.91 Å². The van der Waals surface area contributed by atoms with Gasteiger partial charge in [0.1, 0.15) is 5.75 Å². The Balaban J connectivity index is 1.62. The van der Waals surface area contributed by atoms with E-state index < -0.39 is 11.6 Å². The number of hydrogen-bond acceptors (Lipinski definition) is 3. The predicted molar refractivity (Wildman–Crippen MR) is 115 cm³/mol. The normalized spacial score (nSPS) is 11.0. The van der Waals surface area contributed by atoms with Gasteiger partial charge in [-0.1, -0.05) is 24.3 Å². The van der Waals surface area contributed by atoms with Gasteiger partial charge in [0.2, 0.25) is 0 Å². The molecule has 1 N–H and O–H groups in total. The maximum atomic E-state index is 13.7. The molecule has 0 atom stereocenters. The fourth-order valence-electron chi connectivity index (χ4n) is 3.54. The summed E-state index contributed by atoms with van der Waals surface area (Å²) in [5.74, 6) is -1.60. The first-order valence-corrected chi connectivity index (χ1v) is 9.86. The van der Waals surface area contributed by atoms with Crippen LogP contribution in [0, 0.1) is 11.6 Å². The molecule has 3 aromatic carbocycles. The Bertz CT molecular complexity index is 1250. The lowest BCUT2D eigenvalue weighted by Gasteiger charge is -2.19. The molecule has 0 radical (unpaired) electrons. The minimum Gasteiger partial charge on any atom is -0.493 e. The molecule has 0 spiro atoms. The number of rotatable bonds is 6. The van der Waals surface area contributed by atoms with Gasteiger partial charge in [-0.2, -0.15) is 5.10 Å². The highest BCUT2D eigenvalue weighted by atomic mass is 19.2. The Morgan fingerprint density at radius 3 is 2.71 bits per heavy atom. The maximum Gasteiger partial charge on any atom is 0.254 e. The van der Waals surface area contributed by atoms with E-state index >= 15 is 0 Å². The predicted octanol–water partition coefficient (Wildman–Crippen LogP) is 5.18. The summed E-state index contributed by atoms with van der Waals surface area (Å²) in [7, 11) is 1.72. The number of nitrogens with one attached hydrogen (secondary N) is 1. The topological polar surface area (TPSA) is 58.2 Å². The second kappa shape index (κ2) is 8.55. The van der Waals surface area contributed by atoms with Crippen LogP contribution in [0.1, 0.15) is 22.8 Å². The highest BCUT2D eigenvalue weighted by Gasteiger charge is 2.17. The van der Waals surface area contributed by atoms with Gasteiger partial charge in [-0.05, 0) is 48.4 Å². The van der Waals surface area contributed by atoms with E-state index in [0.29, 0.717) is 35.6 Å². The Labute approximate surface area is 178 Å². The minimum absolute atomic E-state index is 0.186. The van der Waals surface area contributed by atoms with Crippen LogP contribution in [0.2, 0.25) is 0 Å². The molecule has 158 valence electrons. The van der Waals surface area contributed by atoms with Crippen molar-refractivity contribution < 1.29 is 18.3 Å². The van der Waals surface area contributed by atoms with E-state index in [-0.39, 0.29) is 5.91 Å². The number of nitrogens with zero attached hydrogens (tertiary/aromatic N) is 2. The van der Waals surface area contributed by atoms with E-state index in [4.69, 9.17) is 4.74 Å². The molecule has 0 fully saturated rings. The summed E-state index contributed by atoms with van der Waals surface area (Å²) in [5.41, 5.74) is 3.34. The number of halogens is 2. The number of carbonyl (C=O) groups excluding carboxylic acids is 1. The first kappa shape index (κ1) is 20.5. The lowest BCUT2D eigenvalue weighted by molar-refractivity contribution is 0.0785. The number of H-pyrrole nitrogens is 1. The van der Waals surface area contributed by atoms with E-state index in [1.165, 1.54) is 6.07 Å². The molecule has 31 heavy (non-hydrogen) atoms. The van der Waals surface area contributed by atoms with E-state index in [0.717, 1.165) is 28.6 Å². The van der Waals surface area contributed by atoms with E-state index in [1.807, 2.05) is 25.1 Å². The lowest BCUT2D eigenvalue weighted by atomic mass is 10.0. The Kier molecular flexibility index (Phi) is 5.66. The van der Waals surface area contributed by atoms with Crippen LogP contribution in [0.5, 0.6) is 5.75 Å². The van der Waals surface area contributed by atoms with Gasteiger partial charge in [0, 0.05) is 30.1 Å². The van der Waals surface area contributed by atoms with Crippen molar-refractivity contribution in [1.29, 1.82) is 0 Å². The van der Waals surface area contributed by atoms with Crippen molar-refractivity contribution in [3.8, 4) is 16.9 Å². The molecule has 4 rings (SSSR count). The average Bonchev–Trinajstić information content (AvgIpc) is 3.25. The van der Waals surface area contributed by atoms with Crippen molar-refractivity contribution in [3.05, 3.63) is 83.6 Å². The molecule has 0 saturated carbocycles. The quantitative estimate of drug-likeness (QED) is 0.467. The van der Waals surface area contributed by atoms with Crippen molar-refractivity contribution in [1.82, 2.24) is 15.1 Å². The number of fused-ring (bicyclic) bond motifs is 1. The average molecular weight is 421 g/mol. The van der Waals surface area contributed by atoms with Crippen molar-refractivity contribution in [2.75, 3.05) is 13.7 Å². The van der Waals surface area contributed by atoms with Crippen LogP contribution in [-0.2, 0) is 6.54 Å². The minimum atomic E-state index is -0.937. The fraction of sp³-hybridized carbons (Fsp3) is 0.167. The van der Waals surface area contributed by atoms with Crippen molar-refractivity contribution in [2.24, 2.45) is 0 Å². The fourth-order valence-corrected chi connectivity index (χ4v) is 3.54. The van der Waals surface area contributed by atoms with E-state index in [1.54, 1.807) is 36.3 Å². The SMILES string of the molecule is CCOc1cc(C(=O)N(C)Cc2cccc3cn[nH]c23)ccc1-c1ccc(F)c(F)c1. The molecule has 1 aromatic heterocycles. The number of aromatic nitrogens is 2. The molecular weight excluding hydrogens is 400 g/mol. The van der Waals surface area contributed by atoms with Gasteiger partial charge in [-0.25, -0.2) is 8.78 Å². The van der Waals surface area contributed by atoms with Crippen LogP contribution in [0.15, 0.2) is 60.8 Å². The molecule has 0 aliphatic heterocycles. The van der Waals surface area contributed by atoms with Crippen LogP contribution in [0.25, 0.3) is 22.0 Å². The second-order valence-corrected chi connectivity index (χ2v) is 7.19. The number of aromatic amines is 1. The van der Waals surface area contributed by atoms with Crippen LogP contribution in [0.4, 0.5) is 8.78 Å². The lowest BCUT2D eigenvalue weighted by Crippen LogP contribution is -2.26. The molecular formula is C24H21F2N3O2. The van der Waals surface area contributed by atoms with Crippen LogP contribution >= 0.6 is 0 Å². The standard InChI is InChI=1S/C24H21F2N3O2/c1-3-31-22-12-16(7-9-19(22)15-8-10-20(25)21(26)11-15)24(30)29(2)14-18-6-4-5-17-13-27-28-23(17)18/h4-13H,3,14H2,1-2H3,(H,27,28). The smallest absolute Gasteiger partial charge is 0.254 e. The van der Waals surface area contributed by atoms with Gasteiger partial charge >= 0.3 is 0 Å². The number of para-hydroxylation sites is 1. The molecule has 0 unspecified atom stereocenters.